The summed E-state index contributed by atoms with van der Waals surface area (Å²) in [6, 6.07) is 56.1. The molecule has 0 radical (unpaired) electrons. The molecule has 0 atom stereocenters. The molecular formula is C44H26O2. The number of benzene rings is 8. The van der Waals surface area contributed by atoms with Crippen LogP contribution in [-0.2, 0) is 0 Å². The molecule has 0 spiro atoms. The summed E-state index contributed by atoms with van der Waals surface area (Å²) >= 11 is 0. The van der Waals surface area contributed by atoms with E-state index >= 15 is 0 Å². The Labute approximate surface area is 264 Å². The van der Waals surface area contributed by atoms with Crippen LogP contribution in [0.2, 0.25) is 0 Å². The fourth-order valence-corrected chi connectivity index (χ4v) is 7.51. The van der Waals surface area contributed by atoms with E-state index in [0.29, 0.717) is 0 Å². The molecule has 2 nitrogen and oxygen atoms in total. The average Bonchev–Trinajstić information content (AvgIpc) is 3.69. The number of hydrogen-bond donors (Lipinski definition) is 0. The van der Waals surface area contributed by atoms with Crippen molar-refractivity contribution in [2.75, 3.05) is 0 Å². The molecule has 8 aromatic carbocycles. The number of para-hydroxylation sites is 3. The Balaban J connectivity index is 1.29. The van der Waals surface area contributed by atoms with Crippen molar-refractivity contribution in [3.8, 4) is 33.4 Å². The van der Waals surface area contributed by atoms with Gasteiger partial charge in [-0.3, -0.25) is 0 Å². The third-order valence-corrected chi connectivity index (χ3v) is 9.49. The van der Waals surface area contributed by atoms with Crippen molar-refractivity contribution in [2.45, 2.75) is 0 Å². The highest BCUT2D eigenvalue weighted by molar-refractivity contribution is 6.23. The van der Waals surface area contributed by atoms with Gasteiger partial charge in [-0.2, -0.15) is 0 Å². The lowest BCUT2D eigenvalue weighted by Crippen LogP contribution is -1.92. The van der Waals surface area contributed by atoms with Gasteiger partial charge in [0.1, 0.15) is 22.3 Å². The summed E-state index contributed by atoms with van der Waals surface area (Å²) in [6.45, 7) is 0. The summed E-state index contributed by atoms with van der Waals surface area (Å²) in [5, 5.41) is 9.43. The molecule has 0 amide bonds. The van der Waals surface area contributed by atoms with Crippen molar-refractivity contribution in [3.63, 3.8) is 0 Å². The van der Waals surface area contributed by atoms with E-state index in [0.717, 1.165) is 55.0 Å². The van der Waals surface area contributed by atoms with Gasteiger partial charge in [-0.25, -0.2) is 0 Å². The van der Waals surface area contributed by atoms with Crippen molar-refractivity contribution in [3.05, 3.63) is 158 Å². The standard InChI is InChI=1S/C44H26O2/c1-2-15-31(28(12-1)36-20-11-21-37-29-13-7-10-23-40(29)46-44(36)37)43-34-18-5-3-16-32(34)42(33-17-4-6-19-35(33)43)27-24-25-41-38(26-27)30-14-8-9-22-39(30)45-41/h1-26H. The number of furan rings is 2. The number of fused-ring (bicyclic) bond motifs is 8. The third kappa shape index (κ3) is 3.59. The van der Waals surface area contributed by atoms with Crippen LogP contribution in [0.4, 0.5) is 0 Å². The molecule has 2 heterocycles. The quantitative estimate of drug-likeness (QED) is 0.193. The fourth-order valence-electron chi connectivity index (χ4n) is 7.51. The van der Waals surface area contributed by atoms with E-state index in [1.54, 1.807) is 0 Å². The second-order valence-electron chi connectivity index (χ2n) is 12.0. The summed E-state index contributed by atoms with van der Waals surface area (Å²) in [5.41, 5.74) is 10.7. The fraction of sp³-hybridized carbons (Fsp3) is 0. The average molecular weight is 587 g/mol. The molecule has 46 heavy (non-hydrogen) atoms. The minimum absolute atomic E-state index is 0.906. The van der Waals surface area contributed by atoms with Crippen LogP contribution in [0.15, 0.2) is 167 Å². The highest BCUT2D eigenvalue weighted by atomic mass is 16.3. The third-order valence-electron chi connectivity index (χ3n) is 9.49. The lowest BCUT2D eigenvalue weighted by Gasteiger charge is -2.19. The topological polar surface area (TPSA) is 26.3 Å². The van der Waals surface area contributed by atoms with Gasteiger partial charge in [-0.15, -0.1) is 0 Å². The minimum Gasteiger partial charge on any atom is -0.456 e. The van der Waals surface area contributed by atoms with Gasteiger partial charge in [0, 0.05) is 27.1 Å². The van der Waals surface area contributed by atoms with Gasteiger partial charge < -0.3 is 8.83 Å². The summed E-state index contributed by atoms with van der Waals surface area (Å²) in [4.78, 5) is 0. The van der Waals surface area contributed by atoms with E-state index in [2.05, 4.69) is 140 Å². The molecule has 0 unspecified atom stereocenters. The zero-order valence-electron chi connectivity index (χ0n) is 24.8. The van der Waals surface area contributed by atoms with Crippen LogP contribution >= 0.6 is 0 Å². The Kier molecular flexibility index (Phi) is 5.31. The molecule has 0 aliphatic rings. The number of hydrogen-bond acceptors (Lipinski definition) is 2. The monoisotopic (exact) mass is 586 g/mol. The second kappa shape index (κ2) is 9.69. The molecule has 10 aromatic rings. The van der Waals surface area contributed by atoms with Crippen molar-refractivity contribution < 1.29 is 8.83 Å². The SMILES string of the molecule is c1ccc(-c2cccc3c2oc2ccccc23)c(-c2c3ccccc3c(-c3ccc4oc5ccccc5c4c3)c3ccccc23)c1. The molecule has 0 bridgehead atoms. The van der Waals surface area contributed by atoms with Gasteiger partial charge in [0.05, 0.1) is 0 Å². The first-order valence-electron chi connectivity index (χ1n) is 15.7. The largest absolute Gasteiger partial charge is 0.456 e. The molecule has 2 heteroatoms. The Morgan fingerprint density at radius 2 is 0.761 bits per heavy atom. The molecule has 214 valence electrons. The smallest absolute Gasteiger partial charge is 0.143 e. The van der Waals surface area contributed by atoms with E-state index in [1.807, 2.05) is 18.2 Å². The normalized spacial score (nSPS) is 11.9. The van der Waals surface area contributed by atoms with Crippen molar-refractivity contribution in [1.29, 1.82) is 0 Å². The summed E-state index contributed by atoms with van der Waals surface area (Å²) < 4.78 is 12.7. The zero-order valence-corrected chi connectivity index (χ0v) is 24.8. The van der Waals surface area contributed by atoms with Gasteiger partial charge >= 0.3 is 0 Å². The van der Waals surface area contributed by atoms with Crippen LogP contribution in [0.25, 0.3) is 98.8 Å². The van der Waals surface area contributed by atoms with Crippen LogP contribution < -0.4 is 0 Å². The van der Waals surface area contributed by atoms with Crippen LogP contribution in [0, 0.1) is 0 Å². The predicted octanol–water partition coefficient (Wildman–Crippen LogP) is 12.8. The van der Waals surface area contributed by atoms with Crippen molar-refractivity contribution in [1.82, 2.24) is 0 Å². The Bertz CT molecular complexity index is 2750. The highest BCUT2D eigenvalue weighted by Gasteiger charge is 2.21. The zero-order chi connectivity index (χ0) is 30.2. The van der Waals surface area contributed by atoms with Crippen molar-refractivity contribution in [2.24, 2.45) is 0 Å². The van der Waals surface area contributed by atoms with Gasteiger partial charge in [-0.1, -0.05) is 133 Å². The van der Waals surface area contributed by atoms with Gasteiger partial charge in [0.2, 0.25) is 0 Å². The highest BCUT2D eigenvalue weighted by Crippen LogP contribution is 2.48. The lowest BCUT2D eigenvalue weighted by atomic mass is 9.83. The molecule has 10 rings (SSSR count). The predicted molar refractivity (Wildman–Crippen MR) is 192 cm³/mol. The second-order valence-corrected chi connectivity index (χ2v) is 12.0. The van der Waals surface area contributed by atoms with Gasteiger partial charge in [-0.05, 0) is 73.6 Å². The van der Waals surface area contributed by atoms with E-state index in [9.17, 15) is 0 Å². The summed E-state index contributed by atoms with van der Waals surface area (Å²) in [7, 11) is 0. The molecule has 2 aromatic heterocycles. The first-order valence-corrected chi connectivity index (χ1v) is 15.7. The molecule has 0 saturated heterocycles. The van der Waals surface area contributed by atoms with E-state index in [4.69, 9.17) is 8.83 Å². The van der Waals surface area contributed by atoms with Crippen molar-refractivity contribution >= 4 is 65.4 Å². The maximum Gasteiger partial charge on any atom is 0.143 e. The lowest BCUT2D eigenvalue weighted by molar-refractivity contribution is 0.669. The van der Waals surface area contributed by atoms with Crippen LogP contribution in [-0.4, -0.2) is 0 Å². The molecule has 0 fully saturated rings. The first-order chi connectivity index (χ1) is 22.8. The number of rotatable bonds is 3. The molecule has 0 aliphatic heterocycles. The maximum absolute atomic E-state index is 6.53. The van der Waals surface area contributed by atoms with E-state index in [1.165, 1.54) is 43.8 Å². The van der Waals surface area contributed by atoms with Gasteiger partial charge in [0.25, 0.3) is 0 Å². The van der Waals surface area contributed by atoms with Gasteiger partial charge in [0.15, 0.2) is 0 Å². The summed E-state index contributed by atoms with van der Waals surface area (Å²) in [5.74, 6) is 0. The first kappa shape index (κ1) is 25.2. The van der Waals surface area contributed by atoms with Crippen LogP contribution in [0.3, 0.4) is 0 Å². The molecule has 0 N–H and O–H groups in total. The summed E-state index contributed by atoms with van der Waals surface area (Å²) in [6.07, 6.45) is 0. The molecule has 0 saturated carbocycles. The Hall–Kier alpha value is -6.12. The molecular weight excluding hydrogens is 560 g/mol. The van der Waals surface area contributed by atoms with E-state index in [-0.39, 0.29) is 0 Å². The maximum atomic E-state index is 6.53. The van der Waals surface area contributed by atoms with E-state index < -0.39 is 0 Å². The Morgan fingerprint density at radius 1 is 0.283 bits per heavy atom. The minimum atomic E-state index is 0.906. The van der Waals surface area contributed by atoms with Crippen LogP contribution in [0.5, 0.6) is 0 Å². The Morgan fingerprint density at radius 3 is 1.46 bits per heavy atom. The molecule has 0 aliphatic carbocycles. The van der Waals surface area contributed by atoms with Crippen LogP contribution in [0.1, 0.15) is 0 Å².